The van der Waals surface area contributed by atoms with Gasteiger partial charge in [0.15, 0.2) is 5.11 Å². The Morgan fingerprint density at radius 1 is 1.11 bits per heavy atom. The number of para-hydroxylation sites is 1. The molecule has 2 aliphatic rings. The molecule has 2 saturated heterocycles. The summed E-state index contributed by atoms with van der Waals surface area (Å²) < 4.78 is 13.0. The first-order valence-corrected chi connectivity index (χ1v) is 13.4. The number of morpholine rings is 1. The average Bonchev–Trinajstić information content (AvgIpc) is 3.39. The lowest BCUT2D eigenvalue weighted by Gasteiger charge is -2.27. The normalized spacial score (nSPS) is 17.2. The van der Waals surface area contributed by atoms with Crippen molar-refractivity contribution in [1.82, 2.24) is 14.4 Å². The van der Waals surface area contributed by atoms with Gasteiger partial charge < -0.3 is 23.8 Å². The summed E-state index contributed by atoms with van der Waals surface area (Å²) in [4.78, 5) is 31.8. The van der Waals surface area contributed by atoms with E-state index in [1.165, 1.54) is 4.90 Å². The molecule has 0 spiro atoms. The fraction of sp³-hybridized carbons (Fsp3) is 0.345. The molecule has 2 fully saturated rings. The fourth-order valence-electron chi connectivity index (χ4n) is 5.04. The molecule has 2 aliphatic heterocycles. The van der Waals surface area contributed by atoms with Gasteiger partial charge in [-0.1, -0.05) is 25.1 Å². The van der Waals surface area contributed by atoms with Gasteiger partial charge in [-0.05, 0) is 61.5 Å². The standard InChI is InChI=1S/C29H32N4O4S/c1-4-20-7-6-8-24-21(18-32(27(20)24)19-26(34)31-13-15-36-16-14-31)17-25-28(35)33(29(38)30(25)3)22-9-11-23(12-10-22)37-5-2/h6-12,17-18H,4-5,13-16,19H2,1-3H3/b25-17-. The summed E-state index contributed by atoms with van der Waals surface area (Å²) in [5.74, 6) is 0.606. The Morgan fingerprint density at radius 3 is 2.53 bits per heavy atom. The number of rotatable bonds is 7. The van der Waals surface area contributed by atoms with Gasteiger partial charge in [-0.2, -0.15) is 0 Å². The Morgan fingerprint density at radius 2 is 1.84 bits per heavy atom. The minimum atomic E-state index is -0.196. The number of benzene rings is 2. The summed E-state index contributed by atoms with van der Waals surface area (Å²) in [7, 11) is 1.80. The summed E-state index contributed by atoms with van der Waals surface area (Å²) in [5, 5.41) is 1.41. The molecule has 38 heavy (non-hydrogen) atoms. The second-order valence-electron chi connectivity index (χ2n) is 9.31. The Hall–Kier alpha value is -3.69. The summed E-state index contributed by atoms with van der Waals surface area (Å²) in [6.45, 7) is 7.18. The topological polar surface area (TPSA) is 67.2 Å². The molecule has 0 aliphatic carbocycles. The number of amides is 2. The Kier molecular flexibility index (Phi) is 7.49. The van der Waals surface area contributed by atoms with Crippen molar-refractivity contribution in [2.45, 2.75) is 26.8 Å². The molecule has 3 heterocycles. The Bertz CT molecular complexity index is 1410. The van der Waals surface area contributed by atoms with Crippen molar-refractivity contribution in [3.63, 3.8) is 0 Å². The van der Waals surface area contributed by atoms with Crippen LogP contribution < -0.4 is 9.64 Å². The van der Waals surface area contributed by atoms with Crippen LogP contribution in [0.5, 0.6) is 5.75 Å². The molecule has 0 radical (unpaired) electrons. The van der Waals surface area contributed by atoms with Gasteiger partial charge in [-0.3, -0.25) is 14.5 Å². The highest BCUT2D eigenvalue weighted by atomic mass is 32.1. The van der Waals surface area contributed by atoms with Crippen LogP contribution >= 0.6 is 12.2 Å². The lowest BCUT2D eigenvalue weighted by molar-refractivity contribution is -0.135. The molecule has 0 N–H and O–H groups in total. The van der Waals surface area contributed by atoms with Gasteiger partial charge in [0.2, 0.25) is 5.91 Å². The van der Waals surface area contributed by atoms with Crippen molar-refractivity contribution in [3.05, 3.63) is 65.5 Å². The summed E-state index contributed by atoms with van der Waals surface area (Å²) in [6, 6.07) is 13.5. The third-order valence-electron chi connectivity index (χ3n) is 7.02. The van der Waals surface area contributed by atoms with Gasteiger partial charge in [0, 0.05) is 37.3 Å². The van der Waals surface area contributed by atoms with E-state index < -0.39 is 0 Å². The number of hydrogen-bond acceptors (Lipinski definition) is 5. The minimum absolute atomic E-state index is 0.0622. The lowest BCUT2D eigenvalue weighted by atomic mass is 10.1. The van der Waals surface area contributed by atoms with Crippen LogP contribution in [0.1, 0.15) is 25.0 Å². The van der Waals surface area contributed by atoms with Crippen molar-refractivity contribution in [2.24, 2.45) is 0 Å². The van der Waals surface area contributed by atoms with Gasteiger partial charge in [0.1, 0.15) is 18.0 Å². The molecule has 2 amide bonds. The van der Waals surface area contributed by atoms with Crippen molar-refractivity contribution in [3.8, 4) is 5.75 Å². The molecule has 5 rings (SSSR count). The van der Waals surface area contributed by atoms with Gasteiger partial charge >= 0.3 is 0 Å². The van der Waals surface area contributed by atoms with Crippen molar-refractivity contribution in [1.29, 1.82) is 0 Å². The monoisotopic (exact) mass is 532 g/mol. The van der Waals surface area contributed by atoms with Crippen LogP contribution in [0.15, 0.2) is 54.4 Å². The molecule has 1 aromatic heterocycles. The maximum absolute atomic E-state index is 13.6. The molecule has 9 heteroatoms. The molecule has 3 aromatic rings. The third-order valence-corrected chi connectivity index (χ3v) is 7.48. The van der Waals surface area contributed by atoms with E-state index in [4.69, 9.17) is 21.7 Å². The highest BCUT2D eigenvalue weighted by Gasteiger charge is 2.37. The first-order chi connectivity index (χ1) is 18.4. The summed E-state index contributed by atoms with van der Waals surface area (Å²) in [5.41, 5.74) is 4.20. The van der Waals surface area contributed by atoms with Crippen LogP contribution in [-0.4, -0.2) is 71.3 Å². The number of carbonyl (C=O) groups excluding carboxylic acids is 2. The first-order valence-electron chi connectivity index (χ1n) is 13.0. The highest BCUT2D eigenvalue weighted by molar-refractivity contribution is 7.80. The third kappa shape index (κ3) is 4.79. The molecule has 8 nitrogen and oxygen atoms in total. The van der Waals surface area contributed by atoms with E-state index in [0.717, 1.165) is 34.2 Å². The Labute approximate surface area is 228 Å². The van der Waals surface area contributed by atoms with Gasteiger partial charge in [-0.25, -0.2) is 0 Å². The quantitative estimate of drug-likeness (QED) is 0.338. The maximum Gasteiger partial charge on any atom is 0.281 e. The van der Waals surface area contributed by atoms with Gasteiger partial charge in [0.25, 0.3) is 5.91 Å². The number of fused-ring (bicyclic) bond motifs is 1. The predicted octanol–water partition coefficient (Wildman–Crippen LogP) is 4.07. The van der Waals surface area contributed by atoms with Crippen LogP contribution in [0, 0.1) is 0 Å². The number of nitrogens with zero attached hydrogens (tertiary/aromatic N) is 4. The molecule has 0 unspecified atom stereocenters. The van der Waals surface area contributed by atoms with Crippen LogP contribution in [0.25, 0.3) is 17.0 Å². The number of thiocarbonyl (C=S) groups is 1. The molecule has 198 valence electrons. The van der Waals surface area contributed by atoms with E-state index in [-0.39, 0.29) is 18.4 Å². The number of aryl methyl sites for hydroxylation is 1. The molecular formula is C29H32N4O4S. The second kappa shape index (κ2) is 11.0. The Balaban J connectivity index is 1.50. The van der Waals surface area contributed by atoms with Crippen molar-refractivity contribution in [2.75, 3.05) is 44.9 Å². The fourth-order valence-corrected chi connectivity index (χ4v) is 5.33. The molecular weight excluding hydrogens is 500 g/mol. The number of anilines is 1. The van der Waals surface area contributed by atoms with Crippen LogP contribution in [0.3, 0.4) is 0 Å². The van der Waals surface area contributed by atoms with E-state index in [0.29, 0.717) is 49.4 Å². The van der Waals surface area contributed by atoms with E-state index in [9.17, 15) is 9.59 Å². The second-order valence-corrected chi connectivity index (χ2v) is 9.68. The van der Waals surface area contributed by atoms with Crippen LogP contribution in [0.2, 0.25) is 0 Å². The van der Waals surface area contributed by atoms with Crippen molar-refractivity contribution < 1.29 is 19.1 Å². The van der Waals surface area contributed by atoms with E-state index >= 15 is 0 Å². The highest BCUT2D eigenvalue weighted by Crippen LogP contribution is 2.32. The van der Waals surface area contributed by atoms with Crippen LogP contribution in [-0.2, 0) is 27.3 Å². The zero-order valence-electron chi connectivity index (χ0n) is 22.0. The smallest absolute Gasteiger partial charge is 0.281 e. The number of carbonyl (C=O) groups is 2. The van der Waals surface area contributed by atoms with Crippen molar-refractivity contribution >= 4 is 51.8 Å². The number of likely N-dealkylation sites (N-methyl/N-ethyl adjacent to an activating group) is 1. The maximum atomic E-state index is 13.6. The van der Waals surface area contributed by atoms with E-state index in [1.54, 1.807) is 11.9 Å². The SMILES string of the molecule is CCOc1ccc(N2C(=O)/C(=C/c3cn(CC(=O)N4CCOCC4)c4c(CC)cccc34)N(C)C2=S)cc1. The summed E-state index contributed by atoms with van der Waals surface area (Å²) >= 11 is 5.66. The average molecular weight is 533 g/mol. The van der Waals surface area contributed by atoms with E-state index in [2.05, 4.69) is 13.0 Å². The number of aromatic nitrogens is 1. The van der Waals surface area contributed by atoms with E-state index in [1.807, 2.05) is 65.1 Å². The first kappa shape index (κ1) is 25.9. The van der Waals surface area contributed by atoms with Gasteiger partial charge in [-0.15, -0.1) is 0 Å². The minimum Gasteiger partial charge on any atom is -0.494 e. The zero-order valence-corrected chi connectivity index (χ0v) is 22.8. The largest absolute Gasteiger partial charge is 0.494 e. The molecule has 0 atom stereocenters. The molecule has 0 saturated carbocycles. The number of ether oxygens (including phenoxy) is 2. The molecule has 0 bridgehead atoms. The van der Waals surface area contributed by atoms with Crippen LogP contribution in [0.4, 0.5) is 5.69 Å². The zero-order chi connectivity index (χ0) is 26.8. The predicted molar refractivity (Wildman–Crippen MR) is 152 cm³/mol. The summed E-state index contributed by atoms with van der Waals surface area (Å²) in [6.07, 6.45) is 4.68. The number of hydrogen-bond donors (Lipinski definition) is 0. The lowest BCUT2D eigenvalue weighted by Crippen LogP contribution is -2.42. The van der Waals surface area contributed by atoms with Gasteiger partial charge in [0.05, 0.1) is 31.0 Å². The molecule has 2 aromatic carbocycles.